The predicted molar refractivity (Wildman–Crippen MR) is 55.9 cm³/mol. The molecule has 3 heteroatoms. The van der Waals surface area contributed by atoms with Gasteiger partial charge in [0.1, 0.15) is 12.0 Å². The average Bonchev–Trinajstić information content (AvgIpc) is 2.27. The molecule has 0 aromatic heterocycles. The molecule has 14 heavy (non-hydrogen) atoms. The maximum Gasteiger partial charge on any atom is 0.150 e. The van der Waals surface area contributed by atoms with E-state index in [1.807, 2.05) is 13.0 Å². The van der Waals surface area contributed by atoms with E-state index in [4.69, 9.17) is 10.5 Å². The lowest BCUT2D eigenvalue weighted by molar-refractivity contribution is 0.112. The van der Waals surface area contributed by atoms with E-state index in [0.29, 0.717) is 12.1 Å². The van der Waals surface area contributed by atoms with Crippen LogP contribution in [0.5, 0.6) is 5.75 Å². The smallest absolute Gasteiger partial charge is 0.150 e. The summed E-state index contributed by atoms with van der Waals surface area (Å²) >= 11 is 0. The van der Waals surface area contributed by atoms with Crippen molar-refractivity contribution in [3.8, 4) is 5.75 Å². The quantitative estimate of drug-likeness (QED) is 0.738. The van der Waals surface area contributed by atoms with Crippen molar-refractivity contribution in [2.24, 2.45) is 5.73 Å². The molecule has 0 spiro atoms. The van der Waals surface area contributed by atoms with Crippen LogP contribution in [0.1, 0.15) is 28.8 Å². The van der Waals surface area contributed by atoms with Gasteiger partial charge in [-0.1, -0.05) is 6.92 Å². The number of hydrogen-bond acceptors (Lipinski definition) is 3. The van der Waals surface area contributed by atoms with Crippen molar-refractivity contribution in [1.82, 2.24) is 0 Å². The van der Waals surface area contributed by atoms with E-state index >= 15 is 0 Å². The van der Waals surface area contributed by atoms with Gasteiger partial charge in [0.2, 0.25) is 0 Å². The highest BCUT2D eigenvalue weighted by molar-refractivity contribution is 5.78. The van der Waals surface area contributed by atoms with Crippen LogP contribution in [0.3, 0.4) is 0 Å². The number of carbonyl (C=O) groups is 1. The molecule has 0 aliphatic rings. The Balaban J connectivity index is 3.14. The average molecular weight is 193 g/mol. The maximum absolute atomic E-state index is 10.8. The van der Waals surface area contributed by atoms with E-state index in [2.05, 4.69) is 0 Å². The molecule has 0 saturated heterocycles. The summed E-state index contributed by atoms with van der Waals surface area (Å²) < 4.78 is 5.09. The van der Waals surface area contributed by atoms with Crippen molar-refractivity contribution < 1.29 is 9.53 Å². The first-order valence-electron chi connectivity index (χ1n) is 4.56. The van der Waals surface area contributed by atoms with Gasteiger partial charge in [0.15, 0.2) is 0 Å². The number of aldehydes is 1. The molecular formula is C11H15NO2. The second-order valence-corrected chi connectivity index (χ2v) is 3.25. The van der Waals surface area contributed by atoms with Crippen molar-refractivity contribution in [3.05, 3.63) is 29.3 Å². The van der Waals surface area contributed by atoms with Crippen molar-refractivity contribution in [2.75, 3.05) is 13.7 Å². The summed E-state index contributed by atoms with van der Waals surface area (Å²) in [6.07, 6.45) is 0.848. The summed E-state index contributed by atoms with van der Waals surface area (Å²) in [6.45, 7) is 2.51. The second-order valence-electron chi connectivity index (χ2n) is 3.25. The first-order valence-corrected chi connectivity index (χ1v) is 4.56. The fourth-order valence-corrected chi connectivity index (χ4v) is 1.34. The SMILES string of the molecule is COc1ccc(C=O)c(C(C)CN)c1. The number of ether oxygens (including phenoxy) is 1. The number of carbonyl (C=O) groups excluding carboxylic acids is 1. The molecule has 1 rings (SSSR count). The summed E-state index contributed by atoms with van der Waals surface area (Å²) in [5.41, 5.74) is 7.19. The Morgan fingerprint density at radius 2 is 2.29 bits per heavy atom. The minimum Gasteiger partial charge on any atom is -0.497 e. The molecule has 0 fully saturated rings. The summed E-state index contributed by atoms with van der Waals surface area (Å²) in [4.78, 5) is 10.8. The lowest BCUT2D eigenvalue weighted by atomic mass is 9.96. The van der Waals surface area contributed by atoms with Crippen molar-refractivity contribution in [1.29, 1.82) is 0 Å². The van der Waals surface area contributed by atoms with Gasteiger partial charge in [-0.2, -0.15) is 0 Å². The van der Waals surface area contributed by atoms with Crippen LogP contribution in [0.4, 0.5) is 0 Å². The molecule has 0 aliphatic carbocycles. The third-order valence-corrected chi connectivity index (χ3v) is 2.31. The van der Waals surface area contributed by atoms with Gasteiger partial charge in [-0.3, -0.25) is 4.79 Å². The topological polar surface area (TPSA) is 52.3 Å². The molecular weight excluding hydrogens is 178 g/mol. The number of nitrogens with two attached hydrogens (primary N) is 1. The highest BCUT2D eigenvalue weighted by Crippen LogP contribution is 2.23. The van der Waals surface area contributed by atoms with Gasteiger partial charge in [-0.05, 0) is 36.2 Å². The van der Waals surface area contributed by atoms with Crippen LogP contribution in [0.2, 0.25) is 0 Å². The molecule has 1 atom stereocenters. The molecule has 1 unspecified atom stereocenters. The van der Waals surface area contributed by atoms with E-state index in [1.165, 1.54) is 0 Å². The summed E-state index contributed by atoms with van der Waals surface area (Å²) in [6, 6.07) is 5.39. The van der Waals surface area contributed by atoms with Crippen LogP contribution < -0.4 is 10.5 Å². The third-order valence-electron chi connectivity index (χ3n) is 2.31. The zero-order valence-corrected chi connectivity index (χ0v) is 8.49. The van der Waals surface area contributed by atoms with Crippen molar-refractivity contribution in [3.63, 3.8) is 0 Å². The van der Waals surface area contributed by atoms with Gasteiger partial charge in [0, 0.05) is 5.56 Å². The summed E-state index contributed by atoms with van der Waals surface area (Å²) in [7, 11) is 1.60. The number of rotatable bonds is 4. The fraction of sp³-hybridized carbons (Fsp3) is 0.364. The predicted octanol–water partition coefficient (Wildman–Crippen LogP) is 1.57. The zero-order chi connectivity index (χ0) is 10.6. The largest absolute Gasteiger partial charge is 0.497 e. The van der Waals surface area contributed by atoms with E-state index in [9.17, 15) is 4.79 Å². The highest BCUT2D eigenvalue weighted by Gasteiger charge is 2.09. The molecule has 1 aromatic rings. The third kappa shape index (κ3) is 2.12. The molecule has 1 aromatic carbocycles. The standard InChI is InChI=1S/C11H15NO2/c1-8(6-12)11-5-10(14-2)4-3-9(11)7-13/h3-5,7-8H,6,12H2,1-2H3. The Kier molecular flexibility index (Phi) is 3.65. The normalized spacial score (nSPS) is 12.2. The van der Waals surface area contributed by atoms with Crippen LogP contribution in [-0.2, 0) is 0 Å². The van der Waals surface area contributed by atoms with E-state index < -0.39 is 0 Å². The van der Waals surface area contributed by atoms with Crippen LogP contribution in [0.25, 0.3) is 0 Å². The van der Waals surface area contributed by atoms with Gasteiger partial charge in [0.25, 0.3) is 0 Å². The summed E-state index contributed by atoms with van der Waals surface area (Å²) in [5, 5.41) is 0. The van der Waals surface area contributed by atoms with Gasteiger partial charge < -0.3 is 10.5 Å². The Morgan fingerprint density at radius 1 is 1.57 bits per heavy atom. The Bertz CT molecular complexity index is 323. The molecule has 0 saturated carbocycles. The molecule has 0 aliphatic heterocycles. The number of benzene rings is 1. The van der Waals surface area contributed by atoms with Gasteiger partial charge in [-0.25, -0.2) is 0 Å². The maximum atomic E-state index is 10.8. The van der Waals surface area contributed by atoms with Crippen LogP contribution >= 0.6 is 0 Å². The van der Waals surface area contributed by atoms with Gasteiger partial charge >= 0.3 is 0 Å². The van der Waals surface area contributed by atoms with E-state index in [0.717, 1.165) is 17.6 Å². The Morgan fingerprint density at radius 3 is 2.79 bits per heavy atom. The van der Waals surface area contributed by atoms with Crippen LogP contribution in [-0.4, -0.2) is 19.9 Å². The van der Waals surface area contributed by atoms with Gasteiger partial charge in [0.05, 0.1) is 7.11 Å². The van der Waals surface area contributed by atoms with Crippen LogP contribution in [0, 0.1) is 0 Å². The van der Waals surface area contributed by atoms with Crippen molar-refractivity contribution >= 4 is 6.29 Å². The first kappa shape index (κ1) is 10.7. The fourth-order valence-electron chi connectivity index (χ4n) is 1.34. The number of methoxy groups -OCH3 is 1. The molecule has 0 amide bonds. The Labute approximate surface area is 83.9 Å². The zero-order valence-electron chi connectivity index (χ0n) is 8.49. The van der Waals surface area contributed by atoms with E-state index in [1.54, 1.807) is 19.2 Å². The first-order chi connectivity index (χ1) is 6.72. The number of hydrogen-bond donors (Lipinski definition) is 1. The molecule has 0 radical (unpaired) electrons. The summed E-state index contributed by atoms with van der Waals surface area (Å²) in [5.74, 6) is 0.927. The minimum absolute atomic E-state index is 0.172. The Hall–Kier alpha value is -1.35. The molecule has 2 N–H and O–H groups in total. The van der Waals surface area contributed by atoms with Gasteiger partial charge in [-0.15, -0.1) is 0 Å². The molecule has 3 nitrogen and oxygen atoms in total. The monoisotopic (exact) mass is 193 g/mol. The highest BCUT2D eigenvalue weighted by atomic mass is 16.5. The lowest BCUT2D eigenvalue weighted by Gasteiger charge is -2.12. The molecule has 0 heterocycles. The van der Waals surface area contributed by atoms with Crippen molar-refractivity contribution in [2.45, 2.75) is 12.8 Å². The lowest BCUT2D eigenvalue weighted by Crippen LogP contribution is -2.11. The molecule has 76 valence electrons. The second kappa shape index (κ2) is 4.77. The molecule has 0 bridgehead atoms. The van der Waals surface area contributed by atoms with E-state index in [-0.39, 0.29) is 5.92 Å². The minimum atomic E-state index is 0.172. The van der Waals surface area contributed by atoms with Crippen LogP contribution in [0.15, 0.2) is 18.2 Å².